The molecule has 2 unspecified atom stereocenters. The van der Waals surface area contributed by atoms with Crippen LogP contribution in [0, 0.1) is 11.7 Å². The Balaban J connectivity index is 1.43. The molecule has 2 aromatic rings. The average molecular weight is 396 g/mol. The molecule has 0 aromatic heterocycles. The zero-order valence-electron chi connectivity index (χ0n) is 15.4. The predicted molar refractivity (Wildman–Crippen MR) is 109 cm³/mol. The third-order valence-corrected chi connectivity index (χ3v) is 6.41. The molecule has 6 heteroatoms. The Labute approximate surface area is 164 Å². The molecule has 1 aliphatic heterocycles. The molecule has 2 atom stereocenters. The highest BCUT2D eigenvalue weighted by molar-refractivity contribution is 7.93. The van der Waals surface area contributed by atoms with Crippen molar-refractivity contribution in [3.8, 4) is 11.1 Å². The zero-order valence-corrected chi connectivity index (χ0v) is 16.2. The number of benzene rings is 2. The van der Waals surface area contributed by atoms with Gasteiger partial charge in [0.05, 0.1) is 6.04 Å². The topological polar surface area (TPSA) is 58.2 Å². The second-order valence-electron chi connectivity index (χ2n) is 7.07. The van der Waals surface area contributed by atoms with Crippen molar-refractivity contribution in [3.63, 3.8) is 0 Å². The number of allylic oxidation sites excluding steroid dienone is 2. The molecule has 1 heterocycles. The van der Waals surface area contributed by atoms with Crippen LogP contribution < -0.4 is 10.0 Å². The second kappa shape index (κ2) is 7.37. The van der Waals surface area contributed by atoms with Crippen LogP contribution in [-0.4, -0.2) is 14.5 Å². The largest absolute Gasteiger partial charge is 0.367 e. The lowest BCUT2D eigenvalue weighted by molar-refractivity contribution is 0.542. The van der Waals surface area contributed by atoms with Crippen molar-refractivity contribution in [2.75, 3.05) is 0 Å². The van der Waals surface area contributed by atoms with Crippen LogP contribution in [0.3, 0.4) is 0 Å². The molecule has 0 radical (unpaired) electrons. The quantitative estimate of drug-likeness (QED) is 0.807. The Morgan fingerprint density at radius 1 is 1.04 bits per heavy atom. The van der Waals surface area contributed by atoms with E-state index in [4.69, 9.17) is 0 Å². The van der Waals surface area contributed by atoms with E-state index in [0.29, 0.717) is 0 Å². The van der Waals surface area contributed by atoms with Gasteiger partial charge >= 0.3 is 0 Å². The van der Waals surface area contributed by atoms with E-state index in [1.54, 1.807) is 18.2 Å². The van der Waals surface area contributed by atoms with E-state index in [-0.39, 0.29) is 29.4 Å². The molecule has 0 fully saturated rings. The maximum Gasteiger partial charge on any atom is 0.255 e. The molecule has 0 saturated carbocycles. The molecule has 0 saturated heterocycles. The van der Waals surface area contributed by atoms with Gasteiger partial charge in [0.25, 0.3) is 10.0 Å². The fourth-order valence-electron chi connectivity index (χ4n) is 3.43. The van der Waals surface area contributed by atoms with Crippen LogP contribution in [0.25, 0.3) is 11.1 Å². The summed E-state index contributed by atoms with van der Waals surface area (Å²) in [5, 5.41) is 3.33. The van der Waals surface area contributed by atoms with Gasteiger partial charge in [-0.15, -0.1) is 0 Å². The first kappa shape index (κ1) is 18.7. The van der Waals surface area contributed by atoms with Gasteiger partial charge in [-0.2, -0.15) is 0 Å². The van der Waals surface area contributed by atoms with E-state index in [1.165, 1.54) is 12.1 Å². The fourth-order valence-corrected chi connectivity index (χ4v) is 4.51. The van der Waals surface area contributed by atoms with Gasteiger partial charge in [-0.05, 0) is 46.4 Å². The Morgan fingerprint density at radius 3 is 2.32 bits per heavy atom. The molecular formula is C22H21FN2O2S. The summed E-state index contributed by atoms with van der Waals surface area (Å²) in [4.78, 5) is 0. The molecule has 28 heavy (non-hydrogen) atoms. The van der Waals surface area contributed by atoms with Crippen molar-refractivity contribution in [2.45, 2.75) is 19.5 Å². The van der Waals surface area contributed by atoms with Gasteiger partial charge in [0, 0.05) is 6.54 Å². The molecule has 2 N–H and O–H groups in total. The van der Waals surface area contributed by atoms with Gasteiger partial charge in [-0.25, -0.2) is 17.5 Å². The SMILES string of the molecule is CC1C=CC=C2C=C(S(=O)(=O)NCc3ccc(-c4ccc(F)cc4)cc3)NC21. The van der Waals surface area contributed by atoms with Gasteiger partial charge in [0.2, 0.25) is 0 Å². The molecule has 0 bridgehead atoms. The number of sulfonamides is 1. The summed E-state index contributed by atoms with van der Waals surface area (Å²) in [5.74, 6) is -0.0339. The van der Waals surface area contributed by atoms with Crippen LogP contribution in [-0.2, 0) is 16.6 Å². The van der Waals surface area contributed by atoms with Crippen LogP contribution in [0.5, 0.6) is 0 Å². The number of hydrogen-bond donors (Lipinski definition) is 2. The van der Waals surface area contributed by atoms with Gasteiger partial charge in [-0.3, -0.25) is 0 Å². The Kier molecular flexibility index (Phi) is 4.91. The Bertz CT molecular complexity index is 1070. The summed E-state index contributed by atoms with van der Waals surface area (Å²) in [6, 6.07) is 13.8. The number of fused-ring (bicyclic) bond motifs is 1. The van der Waals surface area contributed by atoms with Crippen molar-refractivity contribution in [1.82, 2.24) is 10.0 Å². The first-order chi connectivity index (χ1) is 13.4. The minimum Gasteiger partial charge on any atom is -0.367 e. The number of halogens is 1. The fraction of sp³-hybridized carbons (Fsp3) is 0.182. The monoisotopic (exact) mass is 396 g/mol. The second-order valence-corrected chi connectivity index (χ2v) is 8.81. The smallest absolute Gasteiger partial charge is 0.255 e. The predicted octanol–water partition coefficient (Wildman–Crippen LogP) is 3.86. The molecule has 2 aromatic carbocycles. The van der Waals surface area contributed by atoms with Crippen molar-refractivity contribution in [2.24, 2.45) is 5.92 Å². The highest BCUT2D eigenvalue weighted by Crippen LogP contribution is 2.28. The summed E-state index contributed by atoms with van der Waals surface area (Å²) < 4.78 is 41.0. The highest BCUT2D eigenvalue weighted by Gasteiger charge is 2.32. The van der Waals surface area contributed by atoms with E-state index in [9.17, 15) is 12.8 Å². The summed E-state index contributed by atoms with van der Waals surface area (Å²) >= 11 is 0. The summed E-state index contributed by atoms with van der Waals surface area (Å²) in [6.45, 7) is 2.25. The molecule has 144 valence electrons. The molecular weight excluding hydrogens is 375 g/mol. The highest BCUT2D eigenvalue weighted by atomic mass is 32.2. The molecule has 4 nitrogen and oxygen atoms in total. The normalized spacial score (nSPS) is 20.9. The van der Waals surface area contributed by atoms with E-state index in [1.807, 2.05) is 36.4 Å². The minimum absolute atomic E-state index is 0.00608. The van der Waals surface area contributed by atoms with Crippen LogP contribution in [0.4, 0.5) is 4.39 Å². The average Bonchev–Trinajstić information content (AvgIpc) is 3.14. The number of hydrogen-bond acceptors (Lipinski definition) is 3. The van der Waals surface area contributed by atoms with E-state index in [2.05, 4.69) is 23.0 Å². The standard InChI is InChI=1S/C22H21FN2O2S/c1-15-3-2-4-19-13-21(25-22(15)19)28(26,27)24-14-16-5-7-17(8-6-16)18-9-11-20(23)12-10-18/h2-13,15,22,24-25H,14H2,1H3. The Morgan fingerprint density at radius 2 is 1.68 bits per heavy atom. The van der Waals surface area contributed by atoms with Gasteiger partial charge in [0.15, 0.2) is 0 Å². The third kappa shape index (κ3) is 3.79. The lowest BCUT2D eigenvalue weighted by atomic mass is 9.92. The van der Waals surface area contributed by atoms with Gasteiger partial charge < -0.3 is 5.32 Å². The molecule has 0 amide bonds. The van der Waals surface area contributed by atoms with Crippen LogP contribution in [0.2, 0.25) is 0 Å². The van der Waals surface area contributed by atoms with E-state index < -0.39 is 10.0 Å². The van der Waals surface area contributed by atoms with Gasteiger partial charge in [0.1, 0.15) is 10.8 Å². The van der Waals surface area contributed by atoms with Crippen molar-refractivity contribution >= 4 is 10.0 Å². The van der Waals surface area contributed by atoms with Crippen molar-refractivity contribution in [1.29, 1.82) is 0 Å². The van der Waals surface area contributed by atoms with Crippen LogP contribution >= 0.6 is 0 Å². The summed E-state index contributed by atoms with van der Waals surface area (Å²) in [5.41, 5.74) is 3.69. The summed E-state index contributed by atoms with van der Waals surface area (Å²) in [7, 11) is -3.62. The third-order valence-electron chi connectivity index (χ3n) is 5.07. The minimum atomic E-state index is -3.62. The van der Waals surface area contributed by atoms with Crippen molar-refractivity contribution in [3.05, 3.63) is 94.8 Å². The maximum absolute atomic E-state index is 13.0. The maximum atomic E-state index is 13.0. The van der Waals surface area contributed by atoms with Crippen molar-refractivity contribution < 1.29 is 12.8 Å². The Hall–Kier alpha value is -2.70. The zero-order chi connectivity index (χ0) is 19.7. The summed E-state index contributed by atoms with van der Waals surface area (Å²) in [6.07, 6.45) is 7.65. The molecule has 2 aliphatic rings. The first-order valence-electron chi connectivity index (χ1n) is 9.13. The van der Waals surface area contributed by atoms with Crippen LogP contribution in [0.15, 0.2) is 83.4 Å². The van der Waals surface area contributed by atoms with Crippen LogP contribution in [0.1, 0.15) is 12.5 Å². The first-order valence-corrected chi connectivity index (χ1v) is 10.6. The van der Waals surface area contributed by atoms with E-state index in [0.717, 1.165) is 22.3 Å². The molecule has 4 rings (SSSR count). The van der Waals surface area contributed by atoms with Gasteiger partial charge in [-0.1, -0.05) is 61.5 Å². The lowest BCUT2D eigenvalue weighted by Gasteiger charge is -2.22. The number of nitrogens with one attached hydrogen (secondary N) is 2. The van der Waals surface area contributed by atoms with E-state index >= 15 is 0 Å². The lowest BCUT2D eigenvalue weighted by Crippen LogP contribution is -2.36. The molecule has 1 aliphatic carbocycles. The number of rotatable bonds is 5. The molecule has 0 spiro atoms.